The Bertz CT molecular complexity index is 584. The third-order valence-corrected chi connectivity index (χ3v) is 5.16. The number of nitrogens with one attached hydrogen (secondary N) is 1. The highest BCUT2D eigenvalue weighted by atomic mass is 16.2. The van der Waals surface area contributed by atoms with E-state index in [1.165, 1.54) is 19.3 Å². The van der Waals surface area contributed by atoms with Gasteiger partial charge in [0.25, 0.3) is 5.91 Å². The molecule has 0 spiro atoms. The number of hydrogen-bond acceptors (Lipinski definition) is 2. The molecule has 4 nitrogen and oxygen atoms in total. The highest BCUT2D eigenvalue weighted by Crippen LogP contribution is 2.24. The first-order chi connectivity index (χ1) is 11.1. The molecule has 1 aliphatic carbocycles. The summed E-state index contributed by atoms with van der Waals surface area (Å²) < 4.78 is 0. The van der Waals surface area contributed by atoms with Crippen molar-refractivity contribution in [2.45, 2.75) is 58.0 Å². The van der Waals surface area contributed by atoms with Gasteiger partial charge >= 0.3 is 0 Å². The maximum atomic E-state index is 12.5. The SMILES string of the molecule is C[C@@H]1CCCC[C@H]1NC(=O)c1cccc(CN2CCCC2=O)c1. The van der Waals surface area contributed by atoms with E-state index in [4.69, 9.17) is 0 Å². The van der Waals surface area contributed by atoms with Gasteiger partial charge in [-0.15, -0.1) is 0 Å². The molecule has 0 radical (unpaired) electrons. The first kappa shape index (κ1) is 16.0. The van der Waals surface area contributed by atoms with Crippen LogP contribution in [-0.2, 0) is 11.3 Å². The van der Waals surface area contributed by atoms with Gasteiger partial charge < -0.3 is 10.2 Å². The number of likely N-dealkylation sites (tertiary alicyclic amines) is 1. The minimum atomic E-state index is 0.0124. The average Bonchev–Trinajstić information content (AvgIpc) is 2.95. The second kappa shape index (κ2) is 7.16. The molecule has 0 bridgehead atoms. The van der Waals surface area contributed by atoms with Gasteiger partial charge in [0.1, 0.15) is 0 Å². The molecule has 2 fully saturated rings. The molecule has 1 aliphatic heterocycles. The van der Waals surface area contributed by atoms with Crippen molar-refractivity contribution >= 4 is 11.8 Å². The van der Waals surface area contributed by atoms with Crippen molar-refractivity contribution in [3.8, 4) is 0 Å². The Hall–Kier alpha value is -1.84. The molecule has 124 valence electrons. The van der Waals surface area contributed by atoms with Gasteiger partial charge in [0.15, 0.2) is 0 Å². The third kappa shape index (κ3) is 3.92. The van der Waals surface area contributed by atoms with Gasteiger partial charge in [0, 0.05) is 31.1 Å². The molecule has 1 heterocycles. The zero-order valence-corrected chi connectivity index (χ0v) is 13.9. The fourth-order valence-electron chi connectivity index (χ4n) is 3.68. The number of rotatable bonds is 4. The smallest absolute Gasteiger partial charge is 0.251 e. The summed E-state index contributed by atoms with van der Waals surface area (Å²) in [7, 11) is 0. The van der Waals surface area contributed by atoms with Crippen LogP contribution in [0, 0.1) is 5.92 Å². The van der Waals surface area contributed by atoms with E-state index in [0.717, 1.165) is 24.9 Å². The number of hydrogen-bond donors (Lipinski definition) is 1. The van der Waals surface area contributed by atoms with Crippen LogP contribution in [0.1, 0.15) is 61.4 Å². The van der Waals surface area contributed by atoms with Gasteiger partial charge in [-0.05, 0) is 42.9 Å². The van der Waals surface area contributed by atoms with Crippen molar-refractivity contribution in [2.75, 3.05) is 6.54 Å². The van der Waals surface area contributed by atoms with Crippen LogP contribution in [0.5, 0.6) is 0 Å². The summed E-state index contributed by atoms with van der Waals surface area (Å²) in [6.45, 7) is 3.66. The van der Waals surface area contributed by atoms with E-state index >= 15 is 0 Å². The monoisotopic (exact) mass is 314 g/mol. The van der Waals surface area contributed by atoms with Gasteiger partial charge in [-0.3, -0.25) is 9.59 Å². The summed E-state index contributed by atoms with van der Waals surface area (Å²) in [6.07, 6.45) is 6.34. The Morgan fingerprint density at radius 1 is 1.26 bits per heavy atom. The third-order valence-electron chi connectivity index (χ3n) is 5.16. The number of nitrogens with zero attached hydrogens (tertiary/aromatic N) is 1. The van der Waals surface area contributed by atoms with Gasteiger partial charge in [-0.2, -0.15) is 0 Å². The summed E-state index contributed by atoms with van der Waals surface area (Å²) in [5.74, 6) is 0.785. The molecule has 4 heteroatoms. The van der Waals surface area contributed by atoms with Crippen LogP contribution in [0.2, 0.25) is 0 Å². The fraction of sp³-hybridized carbons (Fsp3) is 0.579. The van der Waals surface area contributed by atoms with Gasteiger partial charge in [0.2, 0.25) is 5.91 Å². The summed E-state index contributed by atoms with van der Waals surface area (Å²) in [4.78, 5) is 26.1. The van der Waals surface area contributed by atoms with Crippen molar-refractivity contribution < 1.29 is 9.59 Å². The van der Waals surface area contributed by atoms with E-state index in [2.05, 4.69) is 12.2 Å². The highest BCUT2D eigenvalue weighted by molar-refractivity contribution is 5.94. The quantitative estimate of drug-likeness (QED) is 0.928. The first-order valence-corrected chi connectivity index (χ1v) is 8.81. The van der Waals surface area contributed by atoms with Crippen molar-refractivity contribution in [3.63, 3.8) is 0 Å². The van der Waals surface area contributed by atoms with Crippen LogP contribution in [0.25, 0.3) is 0 Å². The Morgan fingerprint density at radius 3 is 2.83 bits per heavy atom. The Balaban J connectivity index is 1.64. The molecule has 0 aromatic heterocycles. The topological polar surface area (TPSA) is 49.4 Å². The molecule has 1 aromatic carbocycles. The predicted octanol–water partition coefficient (Wildman–Crippen LogP) is 3.12. The lowest BCUT2D eigenvalue weighted by Crippen LogP contribution is -2.41. The largest absolute Gasteiger partial charge is 0.349 e. The Labute approximate surface area is 138 Å². The zero-order valence-electron chi connectivity index (χ0n) is 13.9. The first-order valence-electron chi connectivity index (χ1n) is 8.81. The number of carbonyl (C=O) groups is 2. The van der Waals surface area contributed by atoms with Gasteiger partial charge in [0.05, 0.1) is 0 Å². The number of amides is 2. The molecule has 2 atom stereocenters. The molecule has 1 N–H and O–H groups in total. The Morgan fingerprint density at radius 2 is 2.09 bits per heavy atom. The second-order valence-electron chi connectivity index (χ2n) is 6.96. The van der Waals surface area contributed by atoms with Crippen LogP contribution in [0.15, 0.2) is 24.3 Å². The van der Waals surface area contributed by atoms with E-state index in [9.17, 15) is 9.59 Å². The maximum absolute atomic E-state index is 12.5. The number of benzene rings is 1. The molecule has 1 saturated carbocycles. The normalized spacial score (nSPS) is 24.7. The lowest BCUT2D eigenvalue weighted by molar-refractivity contribution is -0.128. The van der Waals surface area contributed by atoms with E-state index in [1.807, 2.05) is 29.2 Å². The van der Waals surface area contributed by atoms with E-state index in [0.29, 0.717) is 30.5 Å². The van der Waals surface area contributed by atoms with Gasteiger partial charge in [-0.1, -0.05) is 31.9 Å². The van der Waals surface area contributed by atoms with E-state index < -0.39 is 0 Å². The van der Waals surface area contributed by atoms with Crippen molar-refractivity contribution in [1.82, 2.24) is 10.2 Å². The van der Waals surface area contributed by atoms with Gasteiger partial charge in [-0.25, -0.2) is 0 Å². The van der Waals surface area contributed by atoms with Crippen molar-refractivity contribution in [2.24, 2.45) is 5.92 Å². The van der Waals surface area contributed by atoms with Crippen LogP contribution in [0.3, 0.4) is 0 Å². The average molecular weight is 314 g/mol. The number of carbonyl (C=O) groups excluding carboxylic acids is 2. The van der Waals surface area contributed by atoms with Crippen LogP contribution in [0.4, 0.5) is 0 Å². The molecule has 3 rings (SSSR count). The molecular formula is C19H26N2O2. The molecule has 23 heavy (non-hydrogen) atoms. The highest BCUT2D eigenvalue weighted by Gasteiger charge is 2.24. The van der Waals surface area contributed by atoms with Crippen LogP contribution >= 0.6 is 0 Å². The minimum Gasteiger partial charge on any atom is -0.349 e. The molecule has 2 amide bonds. The van der Waals surface area contributed by atoms with E-state index in [-0.39, 0.29) is 11.8 Å². The molecule has 1 aromatic rings. The molecular weight excluding hydrogens is 288 g/mol. The summed E-state index contributed by atoms with van der Waals surface area (Å²) in [6, 6.07) is 7.98. The standard InChI is InChI=1S/C19H26N2O2/c1-14-6-2-3-9-17(14)20-19(23)16-8-4-7-15(12-16)13-21-11-5-10-18(21)22/h4,7-8,12,14,17H,2-3,5-6,9-11,13H2,1H3,(H,20,23)/t14-,17-/m1/s1. The molecule has 0 unspecified atom stereocenters. The summed E-state index contributed by atoms with van der Waals surface area (Å²) in [5, 5.41) is 3.20. The predicted molar refractivity (Wildman–Crippen MR) is 90.0 cm³/mol. The van der Waals surface area contributed by atoms with E-state index in [1.54, 1.807) is 0 Å². The summed E-state index contributed by atoms with van der Waals surface area (Å²) in [5.41, 5.74) is 1.73. The maximum Gasteiger partial charge on any atom is 0.251 e. The van der Waals surface area contributed by atoms with Crippen LogP contribution < -0.4 is 5.32 Å². The fourth-order valence-corrected chi connectivity index (χ4v) is 3.68. The van der Waals surface area contributed by atoms with Crippen LogP contribution in [-0.4, -0.2) is 29.3 Å². The zero-order chi connectivity index (χ0) is 16.2. The Kier molecular flexibility index (Phi) is 4.99. The minimum absolute atomic E-state index is 0.0124. The molecule has 1 saturated heterocycles. The van der Waals surface area contributed by atoms with Crippen molar-refractivity contribution in [3.05, 3.63) is 35.4 Å². The lowest BCUT2D eigenvalue weighted by Gasteiger charge is -2.29. The lowest BCUT2D eigenvalue weighted by atomic mass is 9.86. The molecule has 2 aliphatic rings. The van der Waals surface area contributed by atoms with Crippen molar-refractivity contribution in [1.29, 1.82) is 0 Å². The second-order valence-corrected chi connectivity index (χ2v) is 6.96. The summed E-state index contributed by atoms with van der Waals surface area (Å²) >= 11 is 0.